The Morgan fingerprint density at radius 3 is 2.71 bits per heavy atom. The lowest BCUT2D eigenvalue weighted by atomic mass is 10.1. The van der Waals surface area contributed by atoms with Gasteiger partial charge in [-0.1, -0.05) is 30.7 Å². The van der Waals surface area contributed by atoms with Crippen LogP contribution in [0.1, 0.15) is 17.8 Å². The first-order valence-electron chi connectivity index (χ1n) is 5.56. The second-order valence-corrected chi connectivity index (χ2v) is 5.36. The second kappa shape index (κ2) is 5.63. The van der Waals surface area contributed by atoms with Crippen LogP contribution >= 0.6 is 22.9 Å². The van der Waals surface area contributed by atoms with E-state index in [4.69, 9.17) is 11.6 Å². The van der Waals surface area contributed by atoms with Crippen molar-refractivity contribution in [1.29, 1.82) is 0 Å². The summed E-state index contributed by atoms with van der Waals surface area (Å²) in [5, 5.41) is 7.20. The van der Waals surface area contributed by atoms with Gasteiger partial charge in [0.15, 0.2) is 0 Å². The van der Waals surface area contributed by atoms with Crippen LogP contribution in [0.15, 0.2) is 29.6 Å². The van der Waals surface area contributed by atoms with E-state index in [0.29, 0.717) is 5.92 Å². The third-order valence-electron chi connectivity index (χ3n) is 2.59. The maximum absolute atomic E-state index is 5.87. The van der Waals surface area contributed by atoms with Gasteiger partial charge in [-0.3, -0.25) is 0 Å². The summed E-state index contributed by atoms with van der Waals surface area (Å²) in [5.41, 5.74) is 2.15. The molecule has 0 fully saturated rings. The molecule has 0 aliphatic heterocycles. The van der Waals surface area contributed by atoms with Crippen molar-refractivity contribution in [3.63, 3.8) is 0 Å². The van der Waals surface area contributed by atoms with Gasteiger partial charge in [-0.05, 0) is 19.2 Å². The second-order valence-electron chi connectivity index (χ2n) is 4.04. The van der Waals surface area contributed by atoms with E-state index in [2.05, 4.69) is 22.6 Å². The van der Waals surface area contributed by atoms with Crippen molar-refractivity contribution in [2.24, 2.45) is 0 Å². The zero-order chi connectivity index (χ0) is 12.3. The number of hydrogen-bond donors (Lipinski definition) is 1. The third kappa shape index (κ3) is 3.06. The van der Waals surface area contributed by atoms with E-state index in [1.807, 2.05) is 31.3 Å². The summed E-state index contributed by atoms with van der Waals surface area (Å²) >= 11 is 7.58. The monoisotopic (exact) mass is 266 g/mol. The van der Waals surface area contributed by atoms with Crippen LogP contribution in [0.5, 0.6) is 0 Å². The van der Waals surface area contributed by atoms with E-state index >= 15 is 0 Å². The molecule has 0 amide bonds. The van der Waals surface area contributed by atoms with Gasteiger partial charge in [0.1, 0.15) is 0 Å². The maximum atomic E-state index is 5.87. The lowest BCUT2D eigenvalue weighted by Crippen LogP contribution is -2.14. The topological polar surface area (TPSA) is 24.9 Å². The summed E-state index contributed by atoms with van der Waals surface area (Å²) in [6.07, 6.45) is 0. The van der Waals surface area contributed by atoms with Crippen LogP contribution in [-0.4, -0.2) is 18.6 Å². The van der Waals surface area contributed by atoms with Crippen LogP contribution in [0.4, 0.5) is 0 Å². The molecule has 2 aromatic rings. The molecule has 0 radical (unpaired) electrons. The highest BCUT2D eigenvalue weighted by molar-refractivity contribution is 7.10. The first kappa shape index (κ1) is 12.6. The SMILES string of the molecule is CNCC(C)c1nc(-c2ccc(Cl)cc2)cs1. The van der Waals surface area contributed by atoms with Gasteiger partial charge >= 0.3 is 0 Å². The van der Waals surface area contributed by atoms with Gasteiger partial charge in [-0.2, -0.15) is 0 Å². The molecule has 0 saturated carbocycles. The highest BCUT2D eigenvalue weighted by Crippen LogP contribution is 2.26. The zero-order valence-corrected chi connectivity index (χ0v) is 11.5. The van der Waals surface area contributed by atoms with Gasteiger partial charge in [0.25, 0.3) is 0 Å². The lowest BCUT2D eigenvalue weighted by molar-refractivity contribution is 0.674. The summed E-state index contributed by atoms with van der Waals surface area (Å²) in [4.78, 5) is 4.66. The molecule has 0 spiro atoms. The molecule has 2 rings (SSSR count). The quantitative estimate of drug-likeness (QED) is 0.911. The fraction of sp³-hybridized carbons (Fsp3) is 0.308. The Morgan fingerprint density at radius 2 is 2.06 bits per heavy atom. The molecule has 1 unspecified atom stereocenters. The van der Waals surface area contributed by atoms with Crippen molar-refractivity contribution in [2.75, 3.05) is 13.6 Å². The molecule has 0 aliphatic carbocycles. The number of rotatable bonds is 4. The molecular formula is C13H15ClN2S. The van der Waals surface area contributed by atoms with Gasteiger partial charge in [0, 0.05) is 28.4 Å². The van der Waals surface area contributed by atoms with E-state index in [-0.39, 0.29) is 0 Å². The zero-order valence-electron chi connectivity index (χ0n) is 9.90. The number of thiazole rings is 1. The molecule has 1 atom stereocenters. The minimum atomic E-state index is 0.450. The van der Waals surface area contributed by atoms with Crippen molar-refractivity contribution in [1.82, 2.24) is 10.3 Å². The van der Waals surface area contributed by atoms with Crippen molar-refractivity contribution < 1.29 is 0 Å². The number of benzene rings is 1. The van der Waals surface area contributed by atoms with E-state index in [1.54, 1.807) is 11.3 Å². The summed E-state index contributed by atoms with van der Waals surface area (Å²) in [6, 6.07) is 7.80. The van der Waals surface area contributed by atoms with Crippen LogP contribution in [0.2, 0.25) is 5.02 Å². The van der Waals surface area contributed by atoms with Crippen molar-refractivity contribution in [3.05, 3.63) is 39.7 Å². The molecule has 0 aliphatic rings. The molecular weight excluding hydrogens is 252 g/mol. The summed E-state index contributed by atoms with van der Waals surface area (Å²) in [7, 11) is 1.96. The number of aromatic nitrogens is 1. The van der Waals surface area contributed by atoms with Gasteiger partial charge in [0.2, 0.25) is 0 Å². The van der Waals surface area contributed by atoms with Crippen LogP contribution in [0.25, 0.3) is 11.3 Å². The van der Waals surface area contributed by atoms with Gasteiger partial charge in [0.05, 0.1) is 10.7 Å². The third-order valence-corrected chi connectivity index (χ3v) is 3.92. The normalized spacial score (nSPS) is 12.6. The largest absolute Gasteiger partial charge is 0.319 e. The van der Waals surface area contributed by atoms with Crippen molar-refractivity contribution >= 4 is 22.9 Å². The minimum Gasteiger partial charge on any atom is -0.319 e. The molecule has 1 N–H and O–H groups in total. The highest BCUT2D eigenvalue weighted by atomic mass is 35.5. The number of hydrogen-bond acceptors (Lipinski definition) is 3. The van der Waals surface area contributed by atoms with Crippen LogP contribution in [0.3, 0.4) is 0 Å². The molecule has 17 heavy (non-hydrogen) atoms. The first-order valence-corrected chi connectivity index (χ1v) is 6.82. The molecule has 0 bridgehead atoms. The Bertz CT molecular complexity index is 478. The molecule has 0 saturated heterocycles. The molecule has 2 nitrogen and oxygen atoms in total. The molecule has 90 valence electrons. The van der Waals surface area contributed by atoms with Crippen LogP contribution in [0, 0.1) is 0 Å². The Hall–Kier alpha value is -0.900. The van der Waals surface area contributed by atoms with Crippen LogP contribution < -0.4 is 5.32 Å². The minimum absolute atomic E-state index is 0.450. The Morgan fingerprint density at radius 1 is 1.35 bits per heavy atom. The predicted molar refractivity (Wildman–Crippen MR) is 74.9 cm³/mol. The maximum Gasteiger partial charge on any atom is 0.0973 e. The molecule has 1 aromatic heterocycles. The van der Waals surface area contributed by atoms with Gasteiger partial charge < -0.3 is 5.32 Å². The summed E-state index contributed by atoms with van der Waals surface area (Å²) < 4.78 is 0. The van der Waals surface area contributed by atoms with E-state index in [1.165, 1.54) is 5.01 Å². The number of likely N-dealkylation sites (N-methyl/N-ethyl adjacent to an activating group) is 1. The fourth-order valence-corrected chi connectivity index (χ4v) is 2.67. The summed E-state index contributed by atoms with van der Waals surface area (Å²) in [6.45, 7) is 3.13. The predicted octanol–water partition coefficient (Wildman–Crippen LogP) is 3.79. The smallest absolute Gasteiger partial charge is 0.0973 e. The fourth-order valence-electron chi connectivity index (χ4n) is 1.66. The van der Waals surface area contributed by atoms with E-state index in [0.717, 1.165) is 22.8 Å². The Kier molecular flexibility index (Phi) is 4.15. The molecule has 1 heterocycles. The van der Waals surface area contributed by atoms with Crippen molar-refractivity contribution in [3.8, 4) is 11.3 Å². The lowest BCUT2D eigenvalue weighted by Gasteiger charge is -2.05. The van der Waals surface area contributed by atoms with E-state index in [9.17, 15) is 0 Å². The summed E-state index contributed by atoms with van der Waals surface area (Å²) in [5.74, 6) is 0.450. The molecule has 1 aromatic carbocycles. The Balaban J connectivity index is 2.20. The average Bonchev–Trinajstić information content (AvgIpc) is 2.80. The van der Waals surface area contributed by atoms with Gasteiger partial charge in [-0.15, -0.1) is 11.3 Å². The van der Waals surface area contributed by atoms with E-state index < -0.39 is 0 Å². The van der Waals surface area contributed by atoms with Crippen molar-refractivity contribution in [2.45, 2.75) is 12.8 Å². The number of nitrogens with zero attached hydrogens (tertiary/aromatic N) is 1. The number of halogens is 1. The van der Waals surface area contributed by atoms with Gasteiger partial charge in [-0.25, -0.2) is 4.98 Å². The van der Waals surface area contributed by atoms with Crippen LogP contribution in [-0.2, 0) is 0 Å². The Labute approximate surface area is 111 Å². The average molecular weight is 267 g/mol. The number of nitrogens with one attached hydrogen (secondary N) is 1. The first-order chi connectivity index (χ1) is 8.20. The highest BCUT2D eigenvalue weighted by Gasteiger charge is 2.10. The molecule has 4 heteroatoms. The standard InChI is InChI=1S/C13H15ClN2S/c1-9(7-15-2)13-16-12(8-17-13)10-3-5-11(14)6-4-10/h3-6,8-9,15H,7H2,1-2H3.